The summed E-state index contributed by atoms with van der Waals surface area (Å²) in [7, 11) is -4.39. The van der Waals surface area contributed by atoms with Crippen LogP contribution in [0.3, 0.4) is 0 Å². The number of rotatable bonds is 55. The van der Waals surface area contributed by atoms with Crippen molar-refractivity contribution in [2.75, 3.05) is 26.4 Å². The van der Waals surface area contributed by atoms with Crippen LogP contribution in [0.5, 0.6) is 0 Å². The Morgan fingerprint density at radius 2 is 0.786 bits per heavy atom. The van der Waals surface area contributed by atoms with Crippen LogP contribution in [0.25, 0.3) is 0 Å². The average molecular weight is 1000 g/mol. The number of phosphoric acid groups is 1. The molecule has 0 aromatic carbocycles. The van der Waals surface area contributed by atoms with E-state index in [9.17, 15) is 19.0 Å². The Labute approximate surface area is 431 Å². The lowest BCUT2D eigenvalue weighted by molar-refractivity contribution is -0.161. The van der Waals surface area contributed by atoms with Crippen LogP contribution >= 0.6 is 7.82 Å². The maximum Gasteiger partial charge on any atom is 0.472 e. The van der Waals surface area contributed by atoms with Crippen LogP contribution in [0.15, 0.2) is 60.8 Å². The molecule has 0 rings (SSSR count). The molecule has 0 heterocycles. The third kappa shape index (κ3) is 55.0. The lowest BCUT2D eigenvalue weighted by Crippen LogP contribution is -2.29. The zero-order valence-corrected chi connectivity index (χ0v) is 46.4. The zero-order chi connectivity index (χ0) is 51.0. The Kier molecular flexibility index (Phi) is 54.2. The van der Waals surface area contributed by atoms with Crippen molar-refractivity contribution in [2.24, 2.45) is 5.73 Å². The second kappa shape index (κ2) is 56.0. The van der Waals surface area contributed by atoms with Gasteiger partial charge in [-0.2, -0.15) is 0 Å². The number of hydrogen-bond acceptors (Lipinski definition) is 8. The van der Waals surface area contributed by atoms with Gasteiger partial charge in [-0.15, -0.1) is 0 Å². The molecule has 408 valence electrons. The minimum atomic E-state index is -4.39. The minimum absolute atomic E-state index is 0.0526. The van der Waals surface area contributed by atoms with Gasteiger partial charge in [0.1, 0.15) is 6.61 Å². The first-order valence-electron chi connectivity index (χ1n) is 29.3. The molecule has 0 radical (unpaired) electrons. The summed E-state index contributed by atoms with van der Waals surface area (Å²) in [6.07, 6.45) is 69.9. The van der Waals surface area contributed by atoms with E-state index in [4.69, 9.17) is 24.3 Å². The fourth-order valence-electron chi connectivity index (χ4n) is 8.37. The third-order valence-electron chi connectivity index (χ3n) is 12.7. The van der Waals surface area contributed by atoms with Gasteiger partial charge in [0.05, 0.1) is 13.2 Å². The van der Waals surface area contributed by atoms with Crippen molar-refractivity contribution in [3.8, 4) is 0 Å². The van der Waals surface area contributed by atoms with Gasteiger partial charge in [0.2, 0.25) is 0 Å². The molecule has 10 heteroatoms. The van der Waals surface area contributed by atoms with E-state index in [1.165, 1.54) is 167 Å². The van der Waals surface area contributed by atoms with E-state index in [1.807, 2.05) is 0 Å². The van der Waals surface area contributed by atoms with E-state index in [2.05, 4.69) is 74.6 Å². The van der Waals surface area contributed by atoms with Crippen molar-refractivity contribution in [1.82, 2.24) is 0 Å². The Balaban J connectivity index is 3.96. The van der Waals surface area contributed by atoms with Gasteiger partial charge in [-0.05, 0) is 57.8 Å². The molecule has 0 amide bonds. The van der Waals surface area contributed by atoms with Gasteiger partial charge >= 0.3 is 19.8 Å². The predicted octanol–water partition coefficient (Wildman–Crippen LogP) is 18.3. The van der Waals surface area contributed by atoms with E-state index in [-0.39, 0.29) is 38.6 Å². The van der Waals surface area contributed by atoms with E-state index in [0.717, 1.165) is 77.0 Å². The van der Waals surface area contributed by atoms with E-state index >= 15 is 0 Å². The van der Waals surface area contributed by atoms with Crippen LogP contribution in [0.2, 0.25) is 0 Å². The van der Waals surface area contributed by atoms with Gasteiger partial charge in [0.25, 0.3) is 0 Å². The summed E-state index contributed by atoms with van der Waals surface area (Å²) in [6, 6.07) is 0. The van der Waals surface area contributed by atoms with Crippen molar-refractivity contribution in [2.45, 2.75) is 283 Å². The lowest BCUT2D eigenvalue weighted by Gasteiger charge is -2.19. The Morgan fingerprint density at radius 1 is 0.443 bits per heavy atom. The van der Waals surface area contributed by atoms with Crippen molar-refractivity contribution in [3.05, 3.63) is 60.8 Å². The highest BCUT2D eigenvalue weighted by Gasteiger charge is 2.26. The highest BCUT2D eigenvalue weighted by Crippen LogP contribution is 2.43. The molecule has 0 aliphatic carbocycles. The smallest absolute Gasteiger partial charge is 0.462 e. The Hall–Kier alpha value is -2.29. The molecular weight excluding hydrogens is 894 g/mol. The van der Waals surface area contributed by atoms with Crippen LogP contribution in [0.4, 0.5) is 0 Å². The summed E-state index contributed by atoms with van der Waals surface area (Å²) in [6.45, 7) is 3.67. The molecule has 0 aliphatic rings. The largest absolute Gasteiger partial charge is 0.472 e. The summed E-state index contributed by atoms with van der Waals surface area (Å²) in [4.78, 5) is 35.2. The van der Waals surface area contributed by atoms with Gasteiger partial charge in [-0.3, -0.25) is 18.6 Å². The standard InChI is InChI=1S/C60H110NO8P/c1-3-5-7-9-11-13-15-17-19-21-23-25-27-28-29-30-31-33-35-37-39-41-43-45-47-49-51-53-60(63)69-58(57-68-70(64,65)67-55-54-61)56-66-59(62)52-50-48-46-44-42-40-38-36-34-32-26-24-22-20-18-16-14-12-10-8-6-4-2/h5,7,11,13,17,19,23,25,28-29,58H,3-4,6,8-10,12,14-16,18,20-22,24,26-27,30-57,61H2,1-2H3,(H,64,65)/b7-5-,13-11-,19-17-,25-23-,29-28-. The van der Waals surface area contributed by atoms with Crippen LogP contribution in [0.1, 0.15) is 277 Å². The van der Waals surface area contributed by atoms with E-state index in [0.29, 0.717) is 6.42 Å². The van der Waals surface area contributed by atoms with Crippen LogP contribution in [-0.2, 0) is 32.7 Å². The van der Waals surface area contributed by atoms with Gasteiger partial charge in [-0.1, -0.05) is 267 Å². The number of esters is 2. The Bertz CT molecular complexity index is 1330. The minimum Gasteiger partial charge on any atom is -0.462 e. The monoisotopic (exact) mass is 1000 g/mol. The first kappa shape index (κ1) is 67.7. The number of hydrogen-bond donors (Lipinski definition) is 2. The molecular formula is C60H110NO8P. The second-order valence-electron chi connectivity index (χ2n) is 19.5. The maximum absolute atomic E-state index is 12.7. The van der Waals surface area contributed by atoms with Crippen LogP contribution < -0.4 is 5.73 Å². The highest BCUT2D eigenvalue weighted by molar-refractivity contribution is 7.47. The van der Waals surface area contributed by atoms with Crippen molar-refractivity contribution >= 4 is 19.8 Å². The number of carbonyl (C=O) groups excluding carboxylic acids is 2. The van der Waals surface area contributed by atoms with Crippen molar-refractivity contribution in [3.63, 3.8) is 0 Å². The molecule has 0 spiro atoms. The molecule has 70 heavy (non-hydrogen) atoms. The third-order valence-corrected chi connectivity index (χ3v) is 13.7. The number of nitrogens with two attached hydrogens (primary N) is 1. The topological polar surface area (TPSA) is 134 Å². The molecule has 0 aromatic heterocycles. The molecule has 2 atom stereocenters. The second-order valence-corrected chi connectivity index (χ2v) is 20.9. The highest BCUT2D eigenvalue weighted by atomic mass is 31.2. The summed E-state index contributed by atoms with van der Waals surface area (Å²) >= 11 is 0. The SMILES string of the molecule is CC/C=C\C/C=C\C/C=C\C/C=C\C/C=C\CCCCCCCCCCCCCC(=O)OC(COC(=O)CCCCCCCCCCCCCCCCCCCCCCCC)COP(=O)(O)OCCN. The fraction of sp³-hybridized carbons (Fsp3) is 0.800. The number of ether oxygens (including phenoxy) is 2. The maximum atomic E-state index is 12.7. The normalized spacial score (nSPS) is 13.5. The number of allylic oxidation sites excluding steroid dienone is 10. The molecule has 0 fully saturated rings. The van der Waals surface area contributed by atoms with Crippen LogP contribution in [0, 0.1) is 0 Å². The van der Waals surface area contributed by atoms with Crippen LogP contribution in [-0.4, -0.2) is 49.3 Å². The first-order valence-corrected chi connectivity index (χ1v) is 30.8. The molecule has 0 saturated carbocycles. The van der Waals surface area contributed by atoms with Crippen molar-refractivity contribution < 1.29 is 37.6 Å². The van der Waals surface area contributed by atoms with Crippen molar-refractivity contribution in [1.29, 1.82) is 0 Å². The molecule has 0 bridgehead atoms. The number of phosphoric ester groups is 1. The van der Waals surface area contributed by atoms with E-state index < -0.39 is 26.5 Å². The van der Waals surface area contributed by atoms with Gasteiger partial charge in [0, 0.05) is 19.4 Å². The molecule has 9 nitrogen and oxygen atoms in total. The average Bonchev–Trinajstić information content (AvgIpc) is 3.35. The fourth-order valence-corrected chi connectivity index (χ4v) is 9.14. The molecule has 0 aliphatic heterocycles. The summed E-state index contributed by atoms with van der Waals surface area (Å²) in [5, 5.41) is 0. The van der Waals surface area contributed by atoms with Gasteiger partial charge < -0.3 is 20.1 Å². The van der Waals surface area contributed by atoms with Gasteiger partial charge in [-0.25, -0.2) is 4.57 Å². The molecule has 0 aromatic rings. The summed E-state index contributed by atoms with van der Waals surface area (Å²) < 4.78 is 33.1. The summed E-state index contributed by atoms with van der Waals surface area (Å²) in [5.41, 5.74) is 5.38. The predicted molar refractivity (Wildman–Crippen MR) is 298 cm³/mol. The molecule has 2 unspecified atom stereocenters. The molecule has 3 N–H and O–H groups in total. The number of carbonyl (C=O) groups is 2. The lowest BCUT2D eigenvalue weighted by atomic mass is 10.0. The summed E-state index contributed by atoms with van der Waals surface area (Å²) in [5.74, 6) is -0.820. The first-order chi connectivity index (χ1) is 34.3. The zero-order valence-electron chi connectivity index (χ0n) is 45.5. The number of unbranched alkanes of at least 4 members (excludes halogenated alkanes) is 32. The van der Waals surface area contributed by atoms with E-state index in [1.54, 1.807) is 0 Å². The van der Waals surface area contributed by atoms with Gasteiger partial charge in [0.15, 0.2) is 6.10 Å². The molecule has 0 saturated heterocycles. The quantitative estimate of drug-likeness (QED) is 0.0264. The Morgan fingerprint density at radius 3 is 1.17 bits per heavy atom.